The molecule has 0 aliphatic carbocycles. The van der Waals surface area contributed by atoms with Gasteiger partial charge in [0.05, 0.1) is 28.4 Å². The SMILES string of the molecule is C=CCOc1ccc(-c2nn(-c3ccccc3)cc2/C=C2\C(=O)N(c3ccccc3)N=C2CSc2ccc(C)cc2)cc1. The monoisotopic (exact) mass is 582 g/mol. The van der Waals surface area contributed by atoms with Gasteiger partial charge in [-0.2, -0.15) is 15.2 Å². The summed E-state index contributed by atoms with van der Waals surface area (Å²) in [6, 6.07) is 35.6. The second-order valence-corrected chi connectivity index (χ2v) is 11.0. The molecule has 5 aromatic rings. The molecule has 0 spiro atoms. The minimum absolute atomic E-state index is 0.169. The van der Waals surface area contributed by atoms with Crippen LogP contribution in [0.25, 0.3) is 23.0 Å². The van der Waals surface area contributed by atoms with Crippen LogP contribution in [0.4, 0.5) is 5.69 Å². The molecule has 2 heterocycles. The Morgan fingerprint density at radius 3 is 2.21 bits per heavy atom. The molecule has 0 unspecified atom stereocenters. The first kappa shape index (κ1) is 28.0. The number of amides is 1. The third kappa shape index (κ3) is 6.37. The summed E-state index contributed by atoms with van der Waals surface area (Å²) in [5.74, 6) is 1.12. The Morgan fingerprint density at radius 2 is 1.53 bits per heavy atom. The van der Waals surface area contributed by atoms with Crippen LogP contribution in [0.15, 0.2) is 144 Å². The first-order valence-corrected chi connectivity index (χ1v) is 15.0. The second-order valence-electron chi connectivity index (χ2n) is 10.00. The van der Waals surface area contributed by atoms with Gasteiger partial charge in [-0.15, -0.1) is 11.8 Å². The van der Waals surface area contributed by atoms with E-state index in [9.17, 15) is 4.79 Å². The molecule has 1 aliphatic rings. The van der Waals surface area contributed by atoms with Crippen LogP contribution < -0.4 is 9.75 Å². The van der Waals surface area contributed by atoms with Crippen molar-refractivity contribution in [1.82, 2.24) is 9.78 Å². The van der Waals surface area contributed by atoms with Gasteiger partial charge in [0.2, 0.25) is 0 Å². The summed E-state index contributed by atoms with van der Waals surface area (Å²) >= 11 is 1.66. The maximum atomic E-state index is 13.9. The number of hydrogen-bond donors (Lipinski definition) is 0. The van der Waals surface area contributed by atoms with Crippen LogP contribution in [0.2, 0.25) is 0 Å². The zero-order valence-corrected chi connectivity index (χ0v) is 24.6. The lowest BCUT2D eigenvalue weighted by Crippen LogP contribution is -2.21. The Balaban J connectivity index is 1.41. The van der Waals surface area contributed by atoms with E-state index >= 15 is 0 Å². The molecule has 0 atom stereocenters. The van der Waals surface area contributed by atoms with E-state index in [4.69, 9.17) is 14.9 Å². The summed E-state index contributed by atoms with van der Waals surface area (Å²) in [4.78, 5) is 15.0. The highest BCUT2D eigenvalue weighted by Crippen LogP contribution is 2.32. The van der Waals surface area contributed by atoms with Crippen LogP contribution in [-0.2, 0) is 4.79 Å². The van der Waals surface area contributed by atoms with Crippen LogP contribution in [0.5, 0.6) is 5.75 Å². The van der Waals surface area contributed by atoms with Gasteiger partial charge in [0, 0.05) is 28.0 Å². The Bertz CT molecular complexity index is 1790. The van der Waals surface area contributed by atoms with Crippen LogP contribution in [0, 0.1) is 6.92 Å². The number of hydrazone groups is 1. The van der Waals surface area contributed by atoms with Crippen molar-refractivity contribution < 1.29 is 9.53 Å². The zero-order valence-electron chi connectivity index (χ0n) is 23.8. The number of carbonyl (C=O) groups is 1. The van der Waals surface area contributed by atoms with Crippen molar-refractivity contribution in [3.63, 3.8) is 0 Å². The smallest absolute Gasteiger partial charge is 0.280 e. The number of aryl methyl sites for hydroxylation is 1. The quantitative estimate of drug-likeness (QED) is 0.0951. The van der Waals surface area contributed by atoms with Gasteiger partial charge in [-0.1, -0.05) is 66.7 Å². The largest absolute Gasteiger partial charge is 0.490 e. The number of nitrogens with zero attached hydrogens (tertiary/aromatic N) is 4. The predicted octanol–water partition coefficient (Wildman–Crippen LogP) is 7.99. The van der Waals surface area contributed by atoms with E-state index in [0.717, 1.165) is 38.8 Å². The number of thioether (sulfide) groups is 1. The molecule has 212 valence electrons. The average molecular weight is 583 g/mol. The van der Waals surface area contributed by atoms with Crippen molar-refractivity contribution in [2.24, 2.45) is 5.10 Å². The molecule has 43 heavy (non-hydrogen) atoms. The van der Waals surface area contributed by atoms with Gasteiger partial charge in [0.1, 0.15) is 12.4 Å². The molecule has 6 nitrogen and oxygen atoms in total. The van der Waals surface area contributed by atoms with Crippen molar-refractivity contribution in [2.45, 2.75) is 11.8 Å². The number of carbonyl (C=O) groups excluding carboxylic acids is 1. The van der Waals surface area contributed by atoms with Gasteiger partial charge in [-0.25, -0.2) is 4.68 Å². The summed E-state index contributed by atoms with van der Waals surface area (Å²) in [7, 11) is 0. The maximum absolute atomic E-state index is 13.9. The number of rotatable bonds is 10. The van der Waals surface area contributed by atoms with Crippen molar-refractivity contribution in [3.8, 4) is 22.7 Å². The number of ether oxygens (including phenoxy) is 1. The lowest BCUT2D eigenvalue weighted by molar-refractivity contribution is -0.114. The minimum Gasteiger partial charge on any atom is -0.490 e. The van der Waals surface area contributed by atoms with E-state index in [2.05, 4.69) is 37.8 Å². The highest BCUT2D eigenvalue weighted by atomic mass is 32.2. The standard InChI is InChI=1S/C36H30N4O2S/c1-3-22-42-31-18-16-27(17-19-31)35-28(24-39(38-35)29-10-6-4-7-11-29)23-33-34(25-43-32-20-14-26(2)15-21-32)37-40(36(33)41)30-12-8-5-9-13-30/h3-21,23-24H,1,22,25H2,2H3/b33-23-. The lowest BCUT2D eigenvalue weighted by Gasteiger charge is -2.11. The lowest BCUT2D eigenvalue weighted by atomic mass is 10.0. The molecule has 6 rings (SSSR count). The molecular formula is C36H30N4O2S. The van der Waals surface area contributed by atoms with Crippen molar-refractivity contribution in [2.75, 3.05) is 17.4 Å². The van der Waals surface area contributed by atoms with Crippen molar-refractivity contribution in [3.05, 3.63) is 145 Å². The summed E-state index contributed by atoms with van der Waals surface area (Å²) in [5.41, 5.74) is 6.59. The zero-order chi connectivity index (χ0) is 29.6. The average Bonchev–Trinajstić information content (AvgIpc) is 3.62. The van der Waals surface area contributed by atoms with Gasteiger partial charge >= 0.3 is 0 Å². The van der Waals surface area contributed by atoms with Crippen LogP contribution >= 0.6 is 11.8 Å². The molecule has 0 fully saturated rings. The third-order valence-electron chi connectivity index (χ3n) is 6.91. The van der Waals surface area contributed by atoms with E-state index in [0.29, 0.717) is 23.6 Å². The molecule has 0 N–H and O–H groups in total. The van der Waals surface area contributed by atoms with E-state index < -0.39 is 0 Å². The topological polar surface area (TPSA) is 59.7 Å². The summed E-state index contributed by atoms with van der Waals surface area (Å²) in [6.45, 7) is 6.22. The fourth-order valence-electron chi connectivity index (χ4n) is 4.69. The van der Waals surface area contributed by atoms with Crippen molar-refractivity contribution >= 4 is 35.1 Å². The minimum atomic E-state index is -0.169. The number of benzene rings is 4. The second kappa shape index (κ2) is 12.8. The highest BCUT2D eigenvalue weighted by Gasteiger charge is 2.31. The first-order chi connectivity index (χ1) is 21.1. The Morgan fingerprint density at radius 1 is 0.860 bits per heavy atom. The van der Waals surface area contributed by atoms with E-state index in [1.165, 1.54) is 10.6 Å². The van der Waals surface area contributed by atoms with Gasteiger partial charge < -0.3 is 4.74 Å². The van der Waals surface area contributed by atoms with Gasteiger partial charge in [-0.05, 0) is 73.7 Å². The van der Waals surface area contributed by atoms with E-state index in [1.54, 1.807) is 17.8 Å². The Hall–Kier alpha value is -5.14. The summed E-state index contributed by atoms with van der Waals surface area (Å²) in [6.07, 6.45) is 5.60. The van der Waals surface area contributed by atoms with Gasteiger partial charge in [-0.3, -0.25) is 4.79 Å². The van der Waals surface area contributed by atoms with Gasteiger partial charge in [0.15, 0.2) is 0 Å². The normalized spacial score (nSPS) is 13.8. The Labute approximate surface area is 255 Å². The fourth-order valence-corrected chi connectivity index (χ4v) is 5.53. The van der Waals surface area contributed by atoms with Crippen LogP contribution in [0.1, 0.15) is 11.1 Å². The fraction of sp³-hybridized carbons (Fsp3) is 0.0833. The third-order valence-corrected chi connectivity index (χ3v) is 7.93. The molecule has 0 saturated carbocycles. The molecule has 0 radical (unpaired) electrons. The molecule has 0 saturated heterocycles. The van der Waals surface area contributed by atoms with Crippen LogP contribution in [-0.4, -0.2) is 33.8 Å². The highest BCUT2D eigenvalue weighted by molar-refractivity contribution is 8.00. The molecule has 4 aromatic carbocycles. The molecule has 7 heteroatoms. The molecule has 0 bridgehead atoms. The summed E-state index contributed by atoms with van der Waals surface area (Å²) < 4.78 is 7.53. The molecule has 1 amide bonds. The number of para-hydroxylation sites is 2. The maximum Gasteiger partial charge on any atom is 0.280 e. The molecular weight excluding hydrogens is 552 g/mol. The molecule has 1 aromatic heterocycles. The first-order valence-electron chi connectivity index (χ1n) is 14.0. The van der Waals surface area contributed by atoms with E-state index in [-0.39, 0.29) is 5.91 Å². The van der Waals surface area contributed by atoms with Gasteiger partial charge in [0.25, 0.3) is 5.91 Å². The predicted molar refractivity (Wildman–Crippen MR) is 176 cm³/mol. The molecule has 1 aliphatic heterocycles. The number of anilines is 1. The summed E-state index contributed by atoms with van der Waals surface area (Å²) in [5, 5.41) is 11.3. The number of aromatic nitrogens is 2. The number of hydrogen-bond acceptors (Lipinski definition) is 5. The van der Waals surface area contributed by atoms with Crippen molar-refractivity contribution in [1.29, 1.82) is 0 Å². The van der Waals surface area contributed by atoms with E-state index in [1.807, 2.05) is 102 Å². The Kier molecular flexibility index (Phi) is 8.33. The van der Waals surface area contributed by atoms with Crippen LogP contribution in [0.3, 0.4) is 0 Å².